The molecular weight excluding hydrogens is 1910 g/mol. The molecule has 0 saturated heterocycles. The molecule has 0 radical (unpaired) electrons. The summed E-state index contributed by atoms with van der Waals surface area (Å²) >= 11 is 0. The molecule has 0 N–H and O–H groups in total. The lowest BCUT2D eigenvalue weighted by Crippen LogP contribution is -3.00. The third-order valence-electron chi connectivity index (χ3n) is 21.7. The van der Waals surface area contributed by atoms with Crippen molar-refractivity contribution in [2.75, 3.05) is 65.4 Å². The first-order chi connectivity index (χ1) is 57.6. The van der Waals surface area contributed by atoms with Gasteiger partial charge in [0.1, 0.15) is 43.7 Å². The molecule has 2 aromatic heterocycles. The third kappa shape index (κ3) is 91.7. The lowest BCUT2D eigenvalue weighted by molar-refractivity contribution is -0.826. The fraction of sp³-hybridized carbons (Fsp3) is 0.840. The van der Waals surface area contributed by atoms with Crippen LogP contribution in [0, 0.1) is 0 Å². The summed E-state index contributed by atoms with van der Waals surface area (Å²) < 4.78 is 118. The molecule has 0 bridgehead atoms. The lowest BCUT2D eigenvalue weighted by atomic mass is 10.1. The van der Waals surface area contributed by atoms with Crippen LogP contribution in [0.3, 0.4) is 0 Å². The number of pyridine rings is 1. The number of hydrogen-bond acceptors (Lipinski definition) is 6. The van der Waals surface area contributed by atoms with Crippen LogP contribution in [0.4, 0.5) is 26.3 Å². The number of aryl methyl sites for hydroxylation is 4. The number of alkyl halides is 6. The zero-order valence-corrected chi connectivity index (χ0v) is 92.3. The Morgan fingerprint density at radius 2 is 0.568 bits per heavy atom. The van der Waals surface area contributed by atoms with Gasteiger partial charge in [0.15, 0.2) is 32.4 Å². The second-order valence-corrected chi connectivity index (χ2v) is 36.8. The number of allylic oxidation sites excluding steroid dienone is 4. The number of rotatable bonds is 64. The fourth-order valence-electron chi connectivity index (χ4n) is 13.2. The van der Waals surface area contributed by atoms with Crippen LogP contribution in [0.15, 0.2) is 92.4 Å². The van der Waals surface area contributed by atoms with E-state index in [1.807, 2.05) is 0 Å². The number of halogens is 11. The summed E-state index contributed by atoms with van der Waals surface area (Å²) in [5.74, 6) is 0. The van der Waals surface area contributed by atoms with Crippen molar-refractivity contribution in [3.05, 3.63) is 102 Å². The van der Waals surface area contributed by atoms with Crippen molar-refractivity contribution in [3.8, 4) is 0 Å². The first-order valence-electron chi connectivity index (χ1n) is 49.9. The Kier molecular flexibility index (Phi) is 119. The fourth-order valence-corrected chi connectivity index (χ4v) is 14.9. The zero-order chi connectivity index (χ0) is 91.0. The largest absolute Gasteiger partial charge is 1.00 e. The van der Waals surface area contributed by atoms with Gasteiger partial charge in [0.25, 0.3) is 0 Å². The molecular formula is C100H197Br4ClF6N8O4S2-2. The molecule has 2 aliphatic rings. The average molecular weight is 2110 g/mol. The van der Waals surface area contributed by atoms with Crippen LogP contribution >= 0.6 is 0 Å². The number of imidazole rings is 1. The van der Waals surface area contributed by atoms with Gasteiger partial charge in [-0.1, -0.05) is 323 Å². The minimum atomic E-state index is -6.72. The van der Waals surface area contributed by atoms with Crippen LogP contribution in [0.1, 0.15) is 451 Å². The predicted molar refractivity (Wildman–Crippen MR) is 511 cm³/mol. The standard InChI is InChI=1S/2C20H38N.C15H26N.2C12H27N.C11H21N2.2C4H10.C2F6NO4S2.4BrH.ClH/c2*1-3-5-7-9-11-13-17-21(19-15-16-20-21)18-14-12-10-8-6-4-2;1-3-5-6-7-8-9-12-16-13-10-11-15(4-2)14-16;2*1-4-7-10-13(11-8-5-2)12-9-6-3;1-3-5-6-7-8-13-10-9-12(4-2)11-13;2*1-3-4-2;3-1(4,5)14(10,11)9-15(12,13)2(6,7)8;;;;;/h2*15-16,19-20H,3-14,17-18H2,1-2H3;10-11,13-14H,3-9,12H2,1-2H3;2*4-12H2,1-3H3;9-11H,3-8H2,1-2H3;2*3-4H2,1-2H3;;5*1H/q3*+1;;;+1;;;-1;;;;;/p-5. The molecule has 2 aliphatic heterocycles. The number of hydrogen-bond donors (Lipinski definition) is 0. The van der Waals surface area contributed by atoms with Crippen LogP contribution in [0.25, 0.3) is 4.13 Å². The molecule has 0 unspecified atom stereocenters. The first-order valence-corrected chi connectivity index (χ1v) is 52.8. The number of quaternary nitrogens is 2. The van der Waals surface area contributed by atoms with Gasteiger partial charge in [-0.15, -0.1) is 0 Å². The minimum Gasteiger partial charge on any atom is -1.00 e. The van der Waals surface area contributed by atoms with E-state index in [0.717, 1.165) is 26.1 Å². The van der Waals surface area contributed by atoms with Crippen molar-refractivity contribution < 1.29 is 142 Å². The van der Waals surface area contributed by atoms with Crippen molar-refractivity contribution >= 4 is 20.0 Å². The van der Waals surface area contributed by atoms with Gasteiger partial charge in [-0.2, -0.15) is 26.3 Å². The molecule has 125 heavy (non-hydrogen) atoms. The number of unbranched alkanes of at least 4 members (excludes halogenated alkanes) is 36. The van der Waals surface area contributed by atoms with E-state index in [0.29, 0.717) is 0 Å². The molecule has 0 aliphatic carbocycles. The van der Waals surface area contributed by atoms with Crippen LogP contribution in [-0.2, 0) is 46.1 Å². The van der Waals surface area contributed by atoms with E-state index in [1.54, 1.807) is 0 Å². The highest BCUT2D eigenvalue weighted by molar-refractivity contribution is 8.13. The Labute approximate surface area is 819 Å². The summed E-state index contributed by atoms with van der Waals surface area (Å²) in [6.45, 7) is 57.0. The maximum Gasteiger partial charge on any atom is 0.480 e. The number of aromatic nitrogens is 3. The van der Waals surface area contributed by atoms with Gasteiger partial charge in [0, 0.05) is 18.1 Å². The van der Waals surface area contributed by atoms with Gasteiger partial charge < -0.3 is 94.3 Å². The summed E-state index contributed by atoms with van der Waals surface area (Å²) in [5, 5.41) is 0. The van der Waals surface area contributed by atoms with E-state index < -0.39 is 31.1 Å². The Hall–Kier alpha value is -1.19. The van der Waals surface area contributed by atoms with Crippen LogP contribution in [0.2, 0.25) is 0 Å². The van der Waals surface area contributed by atoms with E-state index in [1.165, 1.54) is 405 Å². The summed E-state index contributed by atoms with van der Waals surface area (Å²) in [6.07, 6.45) is 99.5. The van der Waals surface area contributed by atoms with Crippen molar-refractivity contribution in [2.24, 2.45) is 0 Å². The smallest absolute Gasteiger partial charge is 0.480 e. The molecule has 0 saturated carbocycles. The topological polar surface area (TPSA) is 102 Å². The quantitative estimate of drug-likeness (QED) is 0.0283. The van der Waals surface area contributed by atoms with Crippen LogP contribution < -0.4 is 89.5 Å². The lowest BCUT2D eigenvalue weighted by Gasteiger charge is -2.29. The molecule has 0 atom stereocenters. The molecule has 0 amide bonds. The maximum atomic E-state index is 11.4. The highest BCUT2D eigenvalue weighted by Gasteiger charge is 2.47. The van der Waals surface area contributed by atoms with Gasteiger partial charge in [-0.25, -0.2) is 30.5 Å². The molecule has 0 fully saturated rings. The van der Waals surface area contributed by atoms with Gasteiger partial charge in [0.05, 0.1) is 39.3 Å². The second-order valence-electron chi connectivity index (χ2n) is 33.4. The van der Waals surface area contributed by atoms with E-state index in [4.69, 9.17) is 0 Å². The van der Waals surface area contributed by atoms with E-state index in [9.17, 15) is 43.2 Å². The molecule has 12 nitrogen and oxygen atoms in total. The molecule has 4 heterocycles. The summed E-state index contributed by atoms with van der Waals surface area (Å²) in [4.78, 5) is 5.27. The highest BCUT2D eigenvalue weighted by Crippen LogP contribution is 2.36. The normalized spacial score (nSPS) is 12.4. The van der Waals surface area contributed by atoms with Gasteiger partial charge >= 0.3 is 11.0 Å². The van der Waals surface area contributed by atoms with E-state index in [2.05, 4.69) is 240 Å². The molecule has 25 heteroatoms. The van der Waals surface area contributed by atoms with Crippen LogP contribution in [0.5, 0.6) is 0 Å². The monoisotopic (exact) mass is 2100 g/mol. The Morgan fingerprint density at radius 1 is 0.328 bits per heavy atom. The highest BCUT2D eigenvalue weighted by atomic mass is 79.9. The average Bonchev–Trinajstić information content (AvgIpc) is 1.22. The van der Waals surface area contributed by atoms with Crippen LogP contribution in [-0.4, -0.2) is 117 Å². The van der Waals surface area contributed by atoms with Crippen molar-refractivity contribution in [2.45, 2.75) is 483 Å². The molecule has 4 rings (SSSR count). The van der Waals surface area contributed by atoms with Gasteiger partial charge in [-0.3, -0.25) is 8.97 Å². The number of nitrogens with zero attached hydrogens (tertiary/aromatic N) is 8. The molecule has 2 aromatic rings. The van der Waals surface area contributed by atoms with Gasteiger partial charge in [-0.05, 0) is 192 Å². The van der Waals surface area contributed by atoms with Crippen molar-refractivity contribution in [1.29, 1.82) is 0 Å². The summed E-state index contributed by atoms with van der Waals surface area (Å²) in [5.41, 5.74) is -11.0. The minimum absolute atomic E-state index is 0. The summed E-state index contributed by atoms with van der Waals surface area (Å²) in [6, 6.07) is 4.37. The van der Waals surface area contributed by atoms with Gasteiger partial charge in [0.2, 0.25) is 6.33 Å². The van der Waals surface area contributed by atoms with Crippen molar-refractivity contribution in [1.82, 2.24) is 14.4 Å². The molecule has 752 valence electrons. The Morgan fingerprint density at radius 3 is 0.800 bits per heavy atom. The predicted octanol–water partition coefficient (Wildman–Crippen LogP) is 16.5. The molecule has 0 spiro atoms. The Bertz CT molecular complexity index is 2600. The zero-order valence-electron chi connectivity index (χ0n) is 83.6. The second kappa shape index (κ2) is 103. The first kappa shape index (κ1) is 144. The van der Waals surface area contributed by atoms with Crippen molar-refractivity contribution in [3.63, 3.8) is 0 Å². The third-order valence-corrected chi connectivity index (χ3v) is 24.4. The number of sulfonamides is 2. The van der Waals surface area contributed by atoms with E-state index >= 15 is 0 Å². The maximum absolute atomic E-state index is 11.4. The Balaban J connectivity index is -0.000000152. The SMILES string of the molecule is CCCC.CCCC.CCCCCCCC[N+]1(CCCCCCCC)C=CC=C1.CCCCCCCC[N+]1(CCCCCCCC)C=CC=C1.CCCCCCCC[n+]1cccc(CC)c1.CCCCCC[n+]1ccn(CC)c1.CCCCN(CCCC)CCCC.CCCCN(CCCC)CCCC.O=S(=O)([N-]S(=O)(=O)C(F)(F)F)C(F)(F)F.[Br-].[Br-].[Br-].[Br-].[Cl-]. The summed E-state index contributed by atoms with van der Waals surface area (Å²) in [7, 11) is -13.4. The van der Waals surface area contributed by atoms with E-state index in [-0.39, 0.29) is 80.3 Å². The molecule has 0 aromatic carbocycles.